The topological polar surface area (TPSA) is 53.6 Å². The van der Waals surface area contributed by atoms with Crippen LogP contribution in [-0.4, -0.2) is 30.2 Å². The number of carbonyl (C=O) groups excluding carboxylic acids is 1. The predicted molar refractivity (Wildman–Crippen MR) is 128 cm³/mol. The van der Waals surface area contributed by atoms with Crippen molar-refractivity contribution in [1.82, 2.24) is 5.32 Å². The molecule has 1 amide bonds. The monoisotopic (exact) mass is 425 g/mol. The number of anilines is 2. The van der Waals surface area contributed by atoms with Crippen molar-refractivity contribution in [2.75, 3.05) is 23.3 Å². The van der Waals surface area contributed by atoms with Gasteiger partial charge in [-0.05, 0) is 87.6 Å². The molecule has 0 saturated carbocycles. The molecule has 1 heterocycles. The first-order valence-corrected chi connectivity index (χ1v) is 11.0. The Labute approximate surface area is 184 Å². The Morgan fingerprint density at radius 1 is 1.23 bits per heavy atom. The van der Waals surface area contributed by atoms with Crippen LogP contribution < -0.4 is 20.3 Å². The summed E-state index contributed by atoms with van der Waals surface area (Å²) in [6, 6.07) is 14.3. The van der Waals surface area contributed by atoms with Gasteiger partial charge < -0.3 is 20.3 Å². The van der Waals surface area contributed by atoms with E-state index in [1.165, 1.54) is 5.56 Å². The van der Waals surface area contributed by atoms with E-state index in [0.717, 1.165) is 55.0 Å². The molecule has 2 N–H and O–H groups in total. The number of nitrogens with one attached hydrogen (secondary N) is 2. The van der Waals surface area contributed by atoms with Crippen molar-refractivity contribution in [3.8, 4) is 5.75 Å². The third-order valence-corrected chi connectivity index (χ3v) is 5.28. The van der Waals surface area contributed by atoms with Crippen LogP contribution in [0.4, 0.5) is 11.4 Å². The summed E-state index contributed by atoms with van der Waals surface area (Å²) in [7, 11) is 0. The lowest BCUT2D eigenvalue weighted by Crippen LogP contribution is -2.30. The zero-order chi connectivity index (χ0) is 21.5. The Bertz CT molecular complexity index is 898. The predicted octanol–water partition coefficient (Wildman–Crippen LogP) is 4.83. The average molecular weight is 426 g/mol. The van der Waals surface area contributed by atoms with Gasteiger partial charge in [0.25, 0.3) is 0 Å². The molecule has 1 aliphatic heterocycles. The van der Waals surface area contributed by atoms with Gasteiger partial charge in [0.1, 0.15) is 5.75 Å². The molecule has 0 atom stereocenters. The summed E-state index contributed by atoms with van der Waals surface area (Å²) in [5.74, 6) is 1.11. The summed E-state index contributed by atoms with van der Waals surface area (Å²) >= 11 is 5.45. The minimum Gasteiger partial charge on any atom is -0.491 e. The lowest BCUT2D eigenvalue weighted by atomic mass is 10.1. The van der Waals surface area contributed by atoms with Crippen molar-refractivity contribution in [2.24, 2.45) is 0 Å². The Morgan fingerprint density at radius 2 is 2.07 bits per heavy atom. The quantitative estimate of drug-likeness (QED) is 0.469. The van der Waals surface area contributed by atoms with E-state index in [-0.39, 0.29) is 12.0 Å². The second kappa shape index (κ2) is 10.4. The van der Waals surface area contributed by atoms with Crippen LogP contribution >= 0.6 is 12.2 Å². The number of rotatable bonds is 8. The highest BCUT2D eigenvalue weighted by molar-refractivity contribution is 7.80. The highest BCUT2D eigenvalue weighted by atomic mass is 32.1. The fraction of sp³-hybridized carbons (Fsp3) is 0.417. The van der Waals surface area contributed by atoms with Crippen LogP contribution in [0.3, 0.4) is 0 Å². The summed E-state index contributed by atoms with van der Waals surface area (Å²) in [6.07, 6.45) is 3.65. The van der Waals surface area contributed by atoms with Gasteiger partial charge in [0, 0.05) is 30.9 Å². The van der Waals surface area contributed by atoms with E-state index in [0.29, 0.717) is 11.5 Å². The fourth-order valence-electron chi connectivity index (χ4n) is 3.60. The van der Waals surface area contributed by atoms with Crippen LogP contribution in [0.2, 0.25) is 0 Å². The summed E-state index contributed by atoms with van der Waals surface area (Å²) in [6.45, 7) is 7.66. The minimum absolute atomic E-state index is 0.177. The van der Waals surface area contributed by atoms with Crippen molar-refractivity contribution in [1.29, 1.82) is 0 Å². The normalized spacial score (nSPS) is 13.6. The van der Waals surface area contributed by atoms with E-state index in [9.17, 15) is 4.79 Å². The minimum atomic E-state index is 0.177. The Balaban J connectivity index is 1.47. The Kier molecular flexibility index (Phi) is 7.69. The third kappa shape index (κ3) is 6.20. The SMILES string of the molecule is Cc1ccc(NC(=S)NCCCc2cccc(OC(C)C)c2)cc1N1CCCC1=O. The van der Waals surface area contributed by atoms with Gasteiger partial charge >= 0.3 is 0 Å². The highest BCUT2D eigenvalue weighted by Crippen LogP contribution is 2.28. The maximum atomic E-state index is 12.1. The number of nitrogens with zero attached hydrogens (tertiary/aromatic N) is 1. The maximum absolute atomic E-state index is 12.1. The molecule has 0 aliphatic carbocycles. The van der Waals surface area contributed by atoms with Crippen molar-refractivity contribution in [3.63, 3.8) is 0 Å². The van der Waals surface area contributed by atoms with Crippen molar-refractivity contribution < 1.29 is 9.53 Å². The van der Waals surface area contributed by atoms with Crippen LogP contribution in [0.15, 0.2) is 42.5 Å². The first-order valence-electron chi connectivity index (χ1n) is 10.6. The molecule has 2 aromatic carbocycles. The van der Waals surface area contributed by atoms with E-state index >= 15 is 0 Å². The molecular weight excluding hydrogens is 394 g/mol. The number of carbonyl (C=O) groups is 1. The molecule has 160 valence electrons. The molecule has 1 fully saturated rings. The smallest absolute Gasteiger partial charge is 0.227 e. The molecule has 0 unspecified atom stereocenters. The zero-order valence-electron chi connectivity index (χ0n) is 18.0. The van der Waals surface area contributed by atoms with Crippen LogP contribution in [0.1, 0.15) is 44.2 Å². The molecule has 1 aliphatic rings. The fourth-order valence-corrected chi connectivity index (χ4v) is 3.82. The van der Waals surface area contributed by atoms with E-state index in [1.807, 2.05) is 56.0 Å². The Hall–Kier alpha value is -2.60. The van der Waals surface area contributed by atoms with Gasteiger partial charge in [-0.25, -0.2) is 0 Å². The van der Waals surface area contributed by atoms with E-state index in [4.69, 9.17) is 17.0 Å². The number of hydrogen-bond acceptors (Lipinski definition) is 3. The molecule has 0 spiro atoms. The molecule has 5 nitrogen and oxygen atoms in total. The summed E-state index contributed by atoms with van der Waals surface area (Å²) < 4.78 is 5.76. The number of amides is 1. The number of benzene rings is 2. The average Bonchev–Trinajstić information content (AvgIpc) is 3.12. The zero-order valence-corrected chi connectivity index (χ0v) is 18.8. The van der Waals surface area contributed by atoms with Gasteiger partial charge in [-0.15, -0.1) is 0 Å². The molecular formula is C24H31N3O2S. The molecule has 0 aromatic heterocycles. The van der Waals surface area contributed by atoms with Gasteiger partial charge in [0.2, 0.25) is 5.91 Å². The van der Waals surface area contributed by atoms with E-state index in [2.05, 4.69) is 22.8 Å². The third-order valence-electron chi connectivity index (χ3n) is 5.03. The molecule has 6 heteroatoms. The molecule has 3 rings (SSSR count). The highest BCUT2D eigenvalue weighted by Gasteiger charge is 2.23. The molecule has 1 saturated heterocycles. The van der Waals surface area contributed by atoms with E-state index in [1.54, 1.807) is 0 Å². The standard InChI is InChI=1S/C24H31N3O2S/c1-17(2)29-21-9-4-7-19(15-21)8-5-13-25-24(30)26-20-12-11-18(3)22(16-20)27-14-6-10-23(27)28/h4,7,9,11-12,15-17H,5-6,8,10,13-14H2,1-3H3,(H2,25,26,30). The first-order chi connectivity index (χ1) is 14.4. The van der Waals surface area contributed by atoms with Crippen LogP contribution in [0.5, 0.6) is 5.75 Å². The van der Waals surface area contributed by atoms with Crippen LogP contribution in [0, 0.1) is 6.92 Å². The summed E-state index contributed by atoms with van der Waals surface area (Å²) in [4.78, 5) is 14.0. The second-order valence-electron chi connectivity index (χ2n) is 7.95. The number of aryl methyl sites for hydroxylation is 2. The van der Waals surface area contributed by atoms with Gasteiger partial charge in [0.15, 0.2) is 5.11 Å². The molecule has 30 heavy (non-hydrogen) atoms. The number of thiocarbonyl (C=S) groups is 1. The lowest BCUT2D eigenvalue weighted by Gasteiger charge is -2.20. The lowest BCUT2D eigenvalue weighted by molar-refractivity contribution is -0.117. The molecule has 2 aromatic rings. The van der Waals surface area contributed by atoms with Crippen molar-refractivity contribution in [3.05, 3.63) is 53.6 Å². The van der Waals surface area contributed by atoms with Gasteiger partial charge in [-0.1, -0.05) is 18.2 Å². The maximum Gasteiger partial charge on any atom is 0.227 e. The first kappa shape index (κ1) is 22.1. The van der Waals surface area contributed by atoms with Gasteiger partial charge in [-0.3, -0.25) is 4.79 Å². The van der Waals surface area contributed by atoms with Crippen LogP contribution in [-0.2, 0) is 11.2 Å². The van der Waals surface area contributed by atoms with E-state index < -0.39 is 0 Å². The summed E-state index contributed by atoms with van der Waals surface area (Å²) in [5, 5.41) is 7.10. The van der Waals surface area contributed by atoms with Gasteiger partial charge in [-0.2, -0.15) is 0 Å². The largest absolute Gasteiger partial charge is 0.491 e. The molecule has 0 bridgehead atoms. The van der Waals surface area contributed by atoms with Crippen molar-refractivity contribution in [2.45, 2.75) is 52.6 Å². The Morgan fingerprint density at radius 3 is 2.80 bits per heavy atom. The second-order valence-corrected chi connectivity index (χ2v) is 8.36. The van der Waals surface area contributed by atoms with Crippen molar-refractivity contribution >= 4 is 34.6 Å². The number of hydrogen-bond donors (Lipinski definition) is 2. The van der Waals surface area contributed by atoms with Crippen LogP contribution in [0.25, 0.3) is 0 Å². The number of ether oxygens (including phenoxy) is 1. The molecule has 0 radical (unpaired) electrons. The van der Waals surface area contributed by atoms with Gasteiger partial charge in [0.05, 0.1) is 6.10 Å². The summed E-state index contributed by atoms with van der Waals surface area (Å²) in [5.41, 5.74) is 4.21.